The van der Waals surface area contributed by atoms with Crippen LogP contribution >= 0.6 is 0 Å². The molecule has 4 rings (SSSR count). The number of ether oxygens (including phenoxy) is 2. The molecular weight excluding hydrogens is 370 g/mol. The molecule has 9 heteroatoms. The SMILES string of the molecule is O=C(Nc1cccc(OC(F)F)c1)c1cnc2c(c1)ncn2C1CCOCC1. The van der Waals surface area contributed by atoms with E-state index in [2.05, 4.69) is 20.0 Å². The monoisotopic (exact) mass is 388 g/mol. The average molecular weight is 388 g/mol. The van der Waals surface area contributed by atoms with Crippen LogP contribution in [0.25, 0.3) is 11.2 Å². The molecule has 0 saturated carbocycles. The molecule has 1 amide bonds. The lowest BCUT2D eigenvalue weighted by molar-refractivity contribution is -0.0498. The lowest BCUT2D eigenvalue weighted by Gasteiger charge is -2.23. The van der Waals surface area contributed by atoms with E-state index in [1.807, 2.05) is 4.57 Å². The number of nitrogens with one attached hydrogen (secondary N) is 1. The number of alkyl halides is 2. The van der Waals surface area contributed by atoms with Gasteiger partial charge in [-0.1, -0.05) is 6.07 Å². The van der Waals surface area contributed by atoms with Crippen molar-refractivity contribution in [2.45, 2.75) is 25.5 Å². The minimum atomic E-state index is -2.93. The van der Waals surface area contributed by atoms with E-state index in [0.29, 0.717) is 30.0 Å². The Kier molecular flexibility index (Phi) is 5.16. The van der Waals surface area contributed by atoms with Crippen LogP contribution in [0.2, 0.25) is 0 Å². The standard InChI is InChI=1S/C19H18F2N4O3/c20-19(21)28-15-3-1-2-13(9-15)24-18(26)12-8-16-17(22-10-12)25(11-23-16)14-4-6-27-7-5-14/h1-3,8-11,14,19H,4-7H2,(H,24,26). The smallest absolute Gasteiger partial charge is 0.387 e. The number of rotatable bonds is 5. The molecule has 7 nitrogen and oxygen atoms in total. The number of carbonyl (C=O) groups excluding carboxylic acids is 1. The van der Waals surface area contributed by atoms with Crippen LogP contribution in [0.3, 0.4) is 0 Å². The van der Waals surface area contributed by atoms with Gasteiger partial charge in [0.15, 0.2) is 5.65 Å². The Bertz CT molecular complexity index is 986. The third-order valence-electron chi connectivity index (χ3n) is 4.58. The number of imidazole rings is 1. The Morgan fingerprint density at radius 1 is 1.25 bits per heavy atom. The predicted octanol–water partition coefficient (Wildman–Crippen LogP) is 3.64. The summed E-state index contributed by atoms with van der Waals surface area (Å²) in [5.74, 6) is -0.444. The molecule has 0 spiro atoms. The second-order valence-corrected chi connectivity index (χ2v) is 6.42. The predicted molar refractivity (Wildman–Crippen MR) is 97.6 cm³/mol. The molecule has 0 aliphatic carbocycles. The number of halogens is 2. The maximum absolute atomic E-state index is 12.5. The van der Waals surface area contributed by atoms with Crippen molar-refractivity contribution in [3.63, 3.8) is 0 Å². The van der Waals surface area contributed by atoms with Crippen LogP contribution in [0.15, 0.2) is 42.9 Å². The molecule has 0 unspecified atom stereocenters. The largest absolute Gasteiger partial charge is 0.435 e. The maximum atomic E-state index is 12.5. The highest BCUT2D eigenvalue weighted by atomic mass is 19.3. The molecular formula is C19H18F2N4O3. The molecule has 3 heterocycles. The van der Waals surface area contributed by atoms with E-state index in [1.54, 1.807) is 18.5 Å². The second-order valence-electron chi connectivity index (χ2n) is 6.42. The third-order valence-corrected chi connectivity index (χ3v) is 4.58. The van der Waals surface area contributed by atoms with Crippen molar-refractivity contribution in [2.24, 2.45) is 0 Å². The lowest BCUT2D eigenvalue weighted by atomic mass is 10.1. The summed E-state index contributed by atoms with van der Waals surface area (Å²) < 4.78 is 36.4. The van der Waals surface area contributed by atoms with E-state index in [1.165, 1.54) is 24.4 Å². The fourth-order valence-corrected chi connectivity index (χ4v) is 3.23. The maximum Gasteiger partial charge on any atom is 0.387 e. The fraction of sp³-hybridized carbons (Fsp3) is 0.316. The number of anilines is 1. The van der Waals surface area contributed by atoms with Crippen LogP contribution in [0, 0.1) is 0 Å². The van der Waals surface area contributed by atoms with Gasteiger partial charge in [0.1, 0.15) is 11.3 Å². The van der Waals surface area contributed by atoms with Crippen molar-refractivity contribution in [3.8, 4) is 5.75 Å². The van der Waals surface area contributed by atoms with Crippen molar-refractivity contribution in [3.05, 3.63) is 48.4 Å². The Labute approximate surface area is 159 Å². The first-order chi connectivity index (χ1) is 13.6. The molecule has 0 bridgehead atoms. The lowest BCUT2D eigenvalue weighted by Crippen LogP contribution is -2.19. The van der Waals surface area contributed by atoms with Crippen LogP contribution < -0.4 is 10.1 Å². The van der Waals surface area contributed by atoms with Crippen molar-refractivity contribution in [1.82, 2.24) is 14.5 Å². The molecule has 0 atom stereocenters. The van der Waals surface area contributed by atoms with E-state index in [9.17, 15) is 13.6 Å². The first kappa shape index (κ1) is 18.3. The molecule has 2 aromatic heterocycles. The highest BCUT2D eigenvalue weighted by Gasteiger charge is 2.19. The summed E-state index contributed by atoms with van der Waals surface area (Å²) in [6.45, 7) is -1.51. The van der Waals surface area contributed by atoms with Crippen molar-refractivity contribution >= 4 is 22.8 Å². The summed E-state index contributed by atoms with van der Waals surface area (Å²) in [6.07, 6.45) is 5.01. The molecule has 1 fully saturated rings. The van der Waals surface area contributed by atoms with Gasteiger partial charge in [0.05, 0.1) is 11.9 Å². The quantitative estimate of drug-likeness (QED) is 0.722. The van der Waals surface area contributed by atoms with E-state index >= 15 is 0 Å². The summed E-state index contributed by atoms with van der Waals surface area (Å²) in [7, 11) is 0. The van der Waals surface area contributed by atoms with Gasteiger partial charge in [-0.2, -0.15) is 8.78 Å². The molecule has 3 aromatic rings. The zero-order valence-corrected chi connectivity index (χ0v) is 14.8. The van der Waals surface area contributed by atoms with E-state index in [0.717, 1.165) is 18.5 Å². The van der Waals surface area contributed by atoms with Gasteiger partial charge in [-0.25, -0.2) is 9.97 Å². The topological polar surface area (TPSA) is 78.3 Å². The third kappa shape index (κ3) is 3.94. The van der Waals surface area contributed by atoms with Gasteiger partial charge < -0.3 is 19.4 Å². The minimum absolute atomic E-state index is 0.0309. The van der Waals surface area contributed by atoms with Gasteiger partial charge in [-0.05, 0) is 31.0 Å². The van der Waals surface area contributed by atoms with Crippen LogP contribution in [-0.4, -0.2) is 40.3 Å². The molecule has 0 radical (unpaired) electrons. The number of aromatic nitrogens is 3. The average Bonchev–Trinajstić information content (AvgIpc) is 3.11. The van der Waals surface area contributed by atoms with Gasteiger partial charge in [0.25, 0.3) is 5.91 Å². The highest BCUT2D eigenvalue weighted by Crippen LogP contribution is 2.25. The van der Waals surface area contributed by atoms with Gasteiger partial charge in [0.2, 0.25) is 0 Å². The number of pyridine rings is 1. The summed E-state index contributed by atoms with van der Waals surface area (Å²) in [5.41, 5.74) is 2.01. The number of hydrogen-bond donors (Lipinski definition) is 1. The zero-order chi connectivity index (χ0) is 19.5. The van der Waals surface area contributed by atoms with E-state index in [4.69, 9.17) is 4.74 Å². The Balaban J connectivity index is 1.52. The summed E-state index contributed by atoms with van der Waals surface area (Å²) >= 11 is 0. The molecule has 1 N–H and O–H groups in total. The van der Waals surface area contributed by atoms with Gasteiger partial charge >= 0.3 is 6.61 Å². The summed E-state index contributed by atoms with van der Waals surface area (Å²) in [6, 6.07) is 7.76. The number of hydrogen-bond acceptors (Lipinski definition) is 5. The van der Waals surface area contributed by atoms with Crippen molar-refractivity contribution in [2.75, 3.05) is 18.5 Å². The Morgan fingerprint density at radius 3 is 2.86 bits per heavy atom. The Hall–Kier alpha value is -3.07. The van der Waals surface area contributed by atoms with Gasteiger partial charge in [0, 0.05) is 37.2 Å². The molecule has 1 aromatic carbocycles. The molecule has 146 valence electrons. The van der Waals surface area contributed by atoms with Crippen LogP contribution in [0.5, 0.6) is 5.75 Å². The molecule has 28 heavy (non-hydrogen) atoms. The number of fused-ring (bicyclic) bond motifs is 1. The molecule has 1 saturated heterocycles. The number of amides is 1. The van der Waals surface area contributed by atoms with Crippen LogP contribution in [0.4, 0.5) is 14.5 Å². The van der Waals surface area contributed by atoms with Crippen molar-refractivity contribution < 1.29 is 23.0 Å². The fourth-order valence-electron chi connectivity index (χ4n) is 3.23. The number of nitrogens with zero attached hydrogens (tertiary/aromatic N) is 3. The van der Waals surface area contributed by atoms with E-state index in [-0.39, 0.29) is 11.8 Å². The number of carbonyl (C=O) groups is 1. The highest BCUT2D eigenvalue weighted by molar-refractivity contribution is 6.05. The first-order valence-electron chi connectivity index (χ1n) is 8.87. The zero-order valence-electron chi connectivity index (χ0n) is 14.8. The normalized spacial score (nSPS) is 15.1. The van der Waals surface area contributed by atoms with Crippen LogP contribution in [-0.2, 0) is 4.74 Å². The minimum Gasteiger partial charge on any atom is -0.435 e. The number of benzene rings is 1. The summed E-state index contributed by atoms with van der Waals surface area (Å²) in [4.78, 5) is 21.3. The van der Waals surface area contributed by atoms with Crippen LogP contribution in [0.1, 0.15) is 29.2 Å². The van der Waals surface area contributed by atoms with Crippen molar-refractivity contribution in [1.29, 1.82) is 0 Å². The second kappa shape index (κ2) is 7.89. The van der Waals surface area contributed by atoms with Gasteiger partial charge in [-0.3, -0.25) is 4.79 Å². The molecule has 1 aliphatic heterocycles. The summed E-state index contributed by atoms with van der Waals surface area (Å²) in [5, 5.41) is 2.65. The molecule has 1 aliphatic rings. The Morgan fingerprint density at radius 2 is 2.07 bits per heavy atom. The van der Waals surface area contributed by atoms with Gasteiger partial charge in [-0.15, -0.1) is 0 Å². The first-order valence-corrected chi connectivity index (χ1v) is 8.87. The van der Waals surface area contributed by atoms with E-state index < -0.39 is 12.5 Å².